The van der Waals surface area contributed by atoms with Crippen molar-refractivity contribution in [3.8, 4) is 5.75 Å². The average Bonchev–Trinajstić information content (AvgIpc) is 3.04. The van der Waals surface area contributed by atoms with E-state index in [-0.39, 0.29) is 11.9 Å². The quantitative estimate of drug-likeness (QED) is 0.867. The molecule has 1 amide bonds. The van der Waals surface area contributed by atoms with E-state index in [9.17, 15) is 4.79 Å². The largest absolute Gasteiger partial charge is 0.486 e. The minimum absolute atomic E-state index is 0.135. The minimum Gasteiger partial charge on any atom is -0.486 e. The molecule has 2 unspecified atom stereocenters. The third-order valence-electron chi connectivity index (χ3n) is 4.46. The second-order valence-corrected chi connectivity index (χ2v) is 7.60. The molecule has 1 N–H and O–H groups in total. The molecule has 0 bridgehead atoms. The van der Waals surface area contributed by atoms with Gasteiger partial charge in [-0.3, -0.25) is 4.79 Å². The Labute approximate surface area is 157 Å². The van der Waals surface area contributed by atoms with Crippen molar-refractivity contribution in [2.24, 2.45) is 0 Å². The van der Waals surface area contributed by atoms with E-state index < -0.39 is 0 Å². The summed E-state index contributed by atoms with van der Waals surface area (Å²) in [5.41, 5.74) is 0.808. The topological polar surface area (TPSA) is 54.5 Å². The second kappa shape index (κ2) is 8.17. The normalized spacial score (nSPS) is 20.5. The number of aromatic nitrogens is 1. The molecule has 1 aliphatic heterocycles. The standard InChI is InChI=1S/C18H22ClN3O2S/c1-12-13(2)22(8-7-20-12)18(23)9-15-11-25-17(21-15)10-24-16-5-3-14(19)4-6-16/h3-6,11-13,20H,7-10H2,1-2H3. The summed E-state index contributed by atoms with van der Waals surface area (Å²) in [7, 11) is 0. The van der Waals surface area contributed by atoms with E-state index in [1.807, 2.05) is 22.4 Å². The van der Waals surface area contributed by atoms with Gasteiger partial charge in [0.2, 0.25) is 5.91 Å². The van der Waals surface area contributed by atoms with Crippen LogP contribution in [0.15, 0.2) is 29.6 Å². The first-order chi connectivity index (χ1) is 12.0. The summed E-state index contributed by atoms with van der Waals surface area (Å²) in [6.07, 6.45) is 0.342. The van der Waals surface area contributed by atoms with Crippen LogP contribution in [0.3, 0.4) is 0 Å². The van der Waals surface area contributed by atoms with Gasteiger partial charge in [-0.05, 0) is 38.1 Å². The number of carbonyl (C=O) groups excluding carboxylic acids is 1. The highest BCUT2D eigenvalue weighted by Gasteiger charge is 2.28. The number of halogens is 1. The summed E-state index contributed by atoms with van der Waals surface area (Å²) in [5.74, 6) is 0.886. The molecule has 0 spiro atoms. The molecule has 7 heteroatoms. The van der Waals surface area contributed by atoms with E-state index in [1.54, 1.807) is 12.1 Å². The molecular formula is C18H22ClN3O2S. The molecule has 5 nitrogen and oxygen atoms in total. The summed E-state index contributed by atoms with van der Waals surface area (Å²) in [6.45, 7) is 6.18. The number of rotatable bonds is 5. The van der Waals surface area contributed by atoms with E-state index in [1.165, 1.54) is 11.3 Å². The van der Waals surface area contributed by atoms with Crippen LogP contribution in [0.5, 0.6) is 5.75 Å². The highest BCUT2D eigenvalue weighted by molar-refractivity contribution is 7.09. The lowest BCUT2D eigenvalue weighted by Crippen LogP contribution is -2.57. The van der Waals surface area contributed by atoms with E-state index in [0.29, 0.717) is 24.1 Å². The molecule has 3 rings (SSSR count). The van der Waals surface area contributed by atoms with Crippen LogP contribution in [0.1, 0.15) is 24.5 Å². The van der Waals surface area contributed by atoms with Gasteiger partial charge in [-0.1, -0.05) is 11.6 Å². The van der Waals surface area contributed by atoms with Crippen molar-refractivity contribution < 1.29 is 9.53 Å². The minimum atomic E-state index is 0.135. The first-order valence-electron chi connectivity index (χ1n) is 8.37. The highest BCUT2D eigenvalue weighted by atomic mass is 35.5. The number of amides is 1. The molecule has 2 aromatic rings. The van der Waals surface area contributed by atoms with Gasteiger partial charge in [0.15, 0.2) is 0 Å². The Balaban J connectivity index is 1.54. The SMILES string of the molecule is CC1NCCN(C(=O)Cc2csc(COc3ccc(Cl)cc3)n2)C1C. The number of carbonyl (C=O) groups is 1. The number of ether oxygens (including phenoxy) is 1. The van der Waals surface area contributed by atoms with Crippen molar-refractivity contribution in [1.82, 2.24) is 15.2 Å². The Morgan fingerprint density at radius 3 is 2.92 bits per heavy atom. The number of benzene rings is 1. The van der Waals surface area contributed by atoms with E-state index >= 15 is 0 Å². The van der Waals surface area contributed by atoms with Crippen LogP contribution < -0.4 is 10.1 Å². The third-order valence-corrected chi connectivity index (χ3v) is 5.59. The van der Waals surface area contributed by atoms with Gasteiger partial charge in [-0.15, -0.1) is 11.3 Å². The van der Waals surface area contributed by atoms with Crippen LogP contribution in [0.4, 0.5) is 0 Å². The molecule has 25 heavy (non-hydrogen) atoms. The summed E-state index contributed by atoms with van der Waals surface area (Å²) < 4.78 is 5.70. The van der Waals surface area contributed by atoms with Crippen molar-refractivity contribution in [1.29, 1.82) is 0 Å². The van der Waals surface area contributed by atoms with Gasteiger partial charge >= 0.3 is 0 Å². The molecule has 2 heterocycles. The lowest BCUT2D eigenvalue weighted by Gasteiger charge is -2.38. The predicted molar refractivity (Wildman–Crippen MR) is 100 cm³/mol. The fraction of sp³-hybridized carbons (Fsp3) is 0.444. The van der Waals surface area contributed by atoms with Crippen LogP contribution in [-0.2, 0) is 17.8 Å². The molecule has 1 aromatic carbocycles. The van der Waals surface area contributed by atoms with Crippen LogP contribution in [0, 0.1) is 0 Å². The zero-order valence-corrected chi connectivity index (χ0v) is 15.9. The van der Waals surface area contributed by atoms with Crippen LogP contribution in [-0.4, -0.2) is 41.0 Å². The lowest BCUT2D eigenvalue weighted by atomic mass is 10.1. The first kappa shape index (κ1) is 18.2. The van der Waals surface area contributed by atoms with E-state index in [0.717, 1.165) is 29.5 Å². The monoisotopic (exact) mass is 379 g/mol. The third kappa shape index (κ3) is 4.71. The summed E-state index contributed by atoms with van der Waals surface area (Å²) in [5, 5.41) is 6.87. The van der Waals surface area contributed by atoms with Gasteiger partial charge in [-0.25, -0.2) is 4.98 Å². The Hall–Kier alpha value is -1.63. The number of hydrogen-bond acceptors (Lipinski definition) is 5. The maximum absolute atomic E-state index is 12.6. The van der Waals surface area contributed by atoms with E-state index in [4.69, 9.17) is 16.3 Å². The van der Waals surface area contributed by atoms with Gasteiger partial charge in [0.05, 0.1) is 12.1 Å². The van der Waals surface area contributed by atoms with Gasteiger partial charge in [0, 0.05) is 35.6 Å². The van der Waals surface area contributed by atoms with Crippen molar-refractivity contribution in [2.75, 3.05) is 13.1 Å². The summed E-state index contributed by atoms with van der Waals surface area (Å²) >= 11 is 7.37. The Kier molecular flexibility index (Phi) is 5.93. The van der Waals surface area contributed by atoms with Crippen molar-refractivity contribution >= 4 is 28.8 Å². The van der Waals surface area contributed by atoms with Crippen molar-refractivity contribution in [2.45, 2.75) is 39.0 Å². The Morgan fingerprint density at radius 1 is 1.40 bits per heavy atom. The zero-order valence-electron chi connectivity index (χ0n) is 14.4. The number of piperazine rings is 1. The molecule has 0 aliphatic carbocycles. The molecule has 0 saturated carbocycles. The number of nitrogens with zero attached hydrogens (tertiary/aromatic N) is 2. The molecule has 134 valence electrons. The van der Waals surface area contributed by atoms with Gasteiger partial charge in [-0.2, -0.15) is 0 Å². The lowest BCUT2D eigenvalue weighted by molar-refractivity contribution is -0.134. The Morgan fingerprint density at radius 2 is 2.16 bits per heavy atom. The summed E-state index contributed by atoms with van der Waals surface area (Å²) in [6, 6.07) is 7.75. The van der Waals surface area contributed by atoms with Gasteiger partial charge in [0.25, 0.3) is 0 Å². The fourth-order valence-electron chi connectivity index (χ4n) is 2.84. The molecule has 1 saturated heterocycles. The molecule has 0 radical (unpaired) electrons. The molecule has 1 aliphatic rings. The first-order valence-corrected chi connectivity index (χ1v) is 9.63. The predicted octanol–water partition coefficient (Wildman–Crippen LogP) is 3.13. The second-order valence-electron chi connectivity index (χ2n) is 6.22. The highest BCUT2D eigenvalue weighted by Crippen LogP contribution is 2.19. The molecule has 1 fully saturated rings. The maximum Gasteiger partial charge on any atom is 0.228 e. The van der Waals surface area contributed by atoms with E-state index in [2.05, 4.69) is 24.1 Å². The van der Waals surface area contributed by atoms with Crippen molar-refractivity contribution in [3.63, 3.8) is 0 Å². The van der Waals surface area contributed by atoms with Gasteiger partial charge in [0.1, 0.15) is 17.4 Å². The fourth-order valence-corrected chi connectivity index (χ4v) is 3.67. The molecule has 1 aromatic heterocycles. The van der Waals surface area contributed by atoms with Crippen molar-refractivity contribution in [3.05, 3.63) is 45.4 Å². The Bertz CT molecular complexity index is 719. The van der Waals surface area contributed by atoms with Crippen LogP contribution in [0.2, 0.25) is 5.02 Å². The number of thiazole rings is 1. The molecule has 2 atom stereocenters. The smallest absolute Gasteiger partial charge is 0.228 e. The average molecular weight is 380 g/mol. The zero-order chi connectivity index (χ0) is 17.8. The summed E-state index contributed by atoms with van der Waals surface area (Å²) in [4.78, 5) is 19.0. The van der Waals surface area contributed by atoms with Crippen LogP contribution >= 0.6 is 22.9 Å². The number of hydrogen-bond donors (Lipinski definition) is 1. The number of nitrogens with one attached hydrogen (secondary N) is 1. The maximum atomic E-state index is 12.6. The molecular weight excluding hydrogens is 358 g/mol. The van der Waals surface area contributed by atoms with Crippen LogP contribution in [0.25, 0.3) is 0 Å². The van der Waals surface area contributed by atoms with Gasteiger partial charge < -0.3 is 15.0 Å².